The van der Waals surface area contributed by atoms with Gasteiger partial charge in [0.1, 0.15) is 11.0 Å². The summed E-state index contributed by atoms with van der Waals surface area (Å²) >= 11 is 5.73. The molecule has 0 bridgehead atoms. The van der Waals surface area contributed by atoms with Gasteiger partial charge in [-0.05, 0) is 18.2 Å². The van der Waals surface area contributed by atoms with Crippen molar-refractivity contribution in [2.75, 3.05) is 13.7 Å². The van der Waals surface area contributed by atoms with Crippen molar-refractivity contribution in [3.63, 3.8) is 0 Å². The van der Waals surface area contributed by atoms with Crippen LogP contribution in [0.1, 0.15) is 12.0 Å². The molecule has 1 unspecified atom stereocenters. The molecule has 7 nitrogen and oxygen atoms in total. The van der Waals surface area contributed by atoms with Crippen molar-refractivity contribution in [1.82, 2.24) is 4.72 Å². The molecule has 21 heavy (non-hydrogen) atoms. The maximum Gasteiger partial charge on any atom is 0.306 e. The molecule has 2 N–H and O–H groups in total. The van der Waals surface area contributed by atoms with E-state index in [1.807, 2.05) is 0 Å². The van der Waals surface area contributed by atoms with Gasteiger partial charge in [-0.1, -0.05) is 11.6 Å². The van der Waals surface area contributed by atoms with Crippen LogP contribution in [0.15, 0.2) is 23.1 Å². The number of aliphatic carboxylic acids is 1. The molecule has 0 aromatic heterocycles. The second-order valence-electron chi connectivity index (χ2n) is 4.06. The number of sulfonamides is 1. The topological polar surface area (TPSA) is 116 Å². The van der Waals surface area contributed by atoms with Gasteiger partial charge in [-0.25, -0.2) is 13.1 Å². The van der Waals surface area contributed by atoms with Crippen LogP contribution in [0, 0.1) is 11.3 Å². The fourth-order valence-electron chi connectivity index (χ4n) is 1.52. The van der Waals surface area contributed by atoms with Gasteiger partial charge in [0.15, 0.2) is 0 Å². The third kappa shape index (κ3) is 4.99. The fourth-order valence-corrected chi connectivity index (χ4v) is 3.01. The molecule has 0 saturated heterocycles. The number of carboxylic acid groups (broad SMARTS) is 1. The van der Waals surface area contributed by atoms with Gasteiger partial charge in [-0.3, -0.25) is 4.79 Å². The number of nitriles is 1. The molecular weight excluding hydrogens is 320 g/mol. The number of ether oxygens (including phenoxy) is 1. The predicted molar refractivity (Wildman–Crippen MR) is 74.4 cm³/mol. The van der Waals surface area contributed by atoms with Crippen LogP contribution < -0.4 is 4.72 Å². The number of carboxylic acids is 1. The first kappa shape index (κ1) is 17.4. The Balaban J connectivity index is 2.95. The lowest BCUT2D eigenvalue weighted by Gasteiger charge is -2.14. The van der Waals surface area contributed by atoms with Crippen LogP contribution in [0.3, 0.4) is 0 Å². The van der Waals surface area contributed by atoms with Crippen LogP contribution in [0.5, 0.6) is 0 Å². The van der Waals surface area contributed by atoms with E-state index in [9.17, 15) is 13.2 Å². The van der Waals surface area contributed by atoms with Gasteiger partial charge in [0.05, 0.1) is 18.1 Å². The molecule has 0 amide bonds. The predicted octanol–water partition coefficient (Wildman–Crippen LogP) is 0.980. The van der Waals surface area contributed by atoms with Crippen molar-refractivity contribution in [2.45, 2.75) is 17.4 Å². The summed E-state index contributed by atoms with van der Waals surface area (Å²) in [6, 6.07) is 5.61. The van der Waals surface area contributed by atoms with Crippen molar-refractivity contribution in [3.8, 4) is 6.07 Å². The quantitative estimate of drug-likeness (QED) is 0.768. The van der Waals surface area contributed by atoms with Crippen LogP contribution in [-0.4, -0.2) is 39.3 Å². The highest BCUT2D eigenvalue weighted by atomic mass is 35.5. The summed E-state index contributed by atoms with van der Waals surface area (Å²) in [6.07, 6.45) is -1.17. The molecule has 1 aromatic carbocycles. The summed E-state index contributed by atoms with van der Waals surface area (Å²) in [7, 11) is -2.72. The van der Waals surface area contributed by atoms with Gasteiger partial charge in [0.25, 0.3) is 0 Å². The molecule has 0 spiro atoms. The van der Waals surface area contributed by atoms with E-state index in [4.69, 9.17) is 26.7 Å². The number of halogens is 1. The van der Waals surface area contributed by atoms with Gasteiger partial charge >= 0.3 is 5.97 Å². The Kier molecular flexibility index (Phi) is 6.11. The van der Waals surface area contributed by atoms with Gasteiger partial charge in [0.2, 0.25) is 10.0 Å². The summed E-state index contributed by atoms with van der Waals surface area (Å²) in [6.45, 7) is -0.234. The average molecular weight is 333 g/mol. The molecule has 9 heteroatoms. The lowest BCUT2D eigenvalue weighted by Crippen LogP contribution is -2.34. The zero-order valence-corrected chi connectivity index (χ0v) is 12.6. The first-order valence-corrected chi connectivity index (χ1v) is 7.60. The molecule has 1 aromatic rings. The molecule has 1 rings (SSSR count). The van der Waals surface area contributed by atoms with Crippen molar-refractivity contribution < 1.29 is 23.1 Å². The van der Waals surface area contributed by atoms with E-state index < -0.39 is 22.1 Å². The normalized spacial score (nSPS) is 12.6. The third-order valence-corrected chi connectivity index (χ3v) is 4.29. The summed E-state index contributed by atoms with van der Waals surface area (Å²) in [5, 5.41) is 17.8. The Hall–Kier alpha value is -1.66. The Morgan fingerprint density at radius 1 is 1.57 bits per heavy atom. The van der Waals surface area contributed by atoms with Crippen LogP contribution in [-0.2, 0) is 19.6 Å². The molecule has 0 aliphatic carbocycles. The molecule has 0 fully saturated rings. The number of methoxy groups -OCH3 is 1. The lowest BCUT2D eigenvalue weighted by atomic mass is 10.2. The standard InChI is InChI=1S/C12H13ClN2O5S/c1-20-10(5-12(16)17)7-15-21(18,19)11-4-9(13)3-2-8(11)6-14/h2-4,10,15H,5,7H2,1H3,(H,16,17). The van der Waals surface area contributed by atoms with Gasteiger partial charge in [-0.15, -0.1) is 0 Å². The number of hydrogen-bond donors (Lipinski definition) is 2. The summed E-state index contributed by atoms with van der Waals surface area (Å²) in [4.78, 5) is 10.3. The number of carbonyl (C=O) groups is 1. The van der Waals surface area contributed by atoms with Gasteiger partial charge in [0, 0.05) is 18.7 Å². The van der Waals surface area contributed by atoms with Gasteiger partial charge < -0.3 is 9.84 Å². The summed E-state index contributed by atoms with van der Waals surface area (Å²) < 4.78 is 31.4. The smallest absolute Gasteiger partial charge is 0.306 e. The maximum atomic E-state index is 12.1. The van der Waals surface area contributed by atoms with Crippen molar-refractivity contribution >= 4 is 27.6 Å². The molecular formula is C12H13ClN2O5S. The molecule has 0 saturated carbocycles. The van der Waals surface area contributed by atoms with E-state index in [1.54, 1.807) is 6.07 Å². The third-order valence-electron chi connectivity index (χ3n) is 2.59. The number of nitrogens with one attached hydrogen (secondary N) is 1. The van der Waals surface area contributed by atoms with E-state index in [1.165, 1.54) is 19.2 Å². The second-order valence-corrected chi connectivity index (χ2v) is 6.23. The minimum Gasteiger partial charge on any atom is -0.481 e. The van der Waals surface area contributed by atoms with E-state index in [0.717, 1.165) is 6.07 Å². The minimum atomic E-state index is -4.00. The largest absolute Gasteiger partial charge is 0.481 e. The summed E-state index contributed by atoms with van der Waals surface area (Å²) in [5.74, 6) is -1.11. The molecule has 0 heterocycles. The molecule has 114 valence electrons. The van der Waals surface area contributed by atoms with Crippen LogP contribution in [0.2, 0.25) is 5.02 Å². The molecule has 0 radical (unpaired) electrons. The Labute approximate surface area is 127 Å². The monoisotopic (exact) mass is 332 g/mol. The van der Waals surface area contributed by atoms with E-state index in [-0.39, 0.29) is 28.4 Å². The fraction of sp³-hybridized carbons (Fsp3) is 0.333. The average Bonchev–Trinajstić information content (AvgIpc) is 2.43. The molecule has 0 aliphatic heterocycles. The number of hydrogen-bond acceptors (Lipinski definition) is 5. The lowest BCUT2D eigenvalue weighted by molar-refractivity contribution is -0.139. The van der Waals surface area contributed by atoms with Crippen LogP contribution in [0.4, 0.5) is 0 Å². The van der Waals surface area contributed by atoms with E-state index >= 15 is 0 Å². The molecule has 1 atom stereocenters. The first-order valence-electron chi connectivity index (χ1n) is 5.74. The SMILES string of the molecule is COC(CNS(=O)(=O)c1cc(Cl)ccc1C#N)CC(=O)O. The number of rotatable bonds is 7. The summed E-state index contributed by atoms with van der Waals surface area (Å²) in [5.41, 5.74) is -0.0564. The first-order chi connectivity index (χ1) is 9.80. The highest BCUT2D eigenvalue weighted by molar-refractivity contribution is 7.89. The van der Waals surface area contributed by atoms with E-state index in [2.05, 4.69) is 4.72 Å². The van der Waals surface area contributed by atoms with Crippen LogP contribution >= 0.6 is 11.6 Å². The highest BCUT2D eigenvalue weighted by Gasteiger charge is 2.21. The van der Waals surface area contributed by atoms with Gasteiger partial charge in [-0.2, -0.15) is 5.26 Å². The minimum absolute atomic E-state index is 0.0564. The number of nitrogens with zero attached hydrogens (tertiary/aromatic N) is 1. The number of benzene rings is 1. The van der Waals surface area contributed by atoms with E-state index in [0.29, 0.717) is 0 Å². The highest BCUT2D eigenvalue weighted by Crippen LogP contribution is 2.20. The zero-order chi connectivity index (χ0) is 16.0. The van der Waals surface area contributed by atoms with Crippen molar-refractivity contribution in [3.05, 3.63) is 28.8 Å². The Bertz CT molecular complexity index is 669. The maximum absolute atomic E-state index is 12.1. The van der Waals surface area contributed by atoms with Crippen molar-refractivity contribution in [1.29, 1.82) is 5.26 Å². The Morgan fingerprint density at radius 2 is 2.24 bits per heavy atom. The zero-order valence-electron chi connectivity index (χ0n) is 11.0. The molecule has 0 aliphatic rings. The second kappa shape index (κ2) is 7.38. The van der Waals surface area contributed by atoms with Crippen molar-refractivity contribution in [2.24, 2.45) is 0 Å². The van der Waals surface area contributed by atoms with Crippen LogP contribution in [0.25, 0.3) is 0 Å². The Morgan fingerprint density at radius 3 is 2.76 bits per heavy atom.